The molecule has 0 bridgehead atoms. The number of hydrogen-bond acceptors (Lipinski definition) is 2. The molecule has 0 saturated heterocycles. The van der Waals surface area contributed by atoms with Crippen LogP contribution in [0.3, 0.4) is 0 Å². The van der Waals surface area contributed by atoms with E-state index in [1.54, 1.807) is 7.11 Å². The molecular weight excluding hydrogens is 222 g/mol. The van der Waals surface area contributed by atoms with Crippen LogP contribution in [0.5, 0.6) is 5.75 Å². The number of methoxy groups -OCH3 is 1. The van der Waals surface area contributed by atoms with Gasteiger partial charge < -0.3 is 10.1 Å². The molecule has 0 heterocycles. The van der Waals surface area contributed by atoms with Crippen molar-refractivity contribution in [3.8, 4) is 5.75 Å². The largest absolute Gasteiger partial charge is 0.496 e. The van der Waals surface area contributed by atoms with Crippen molar-refractivity contribution in [2.75, 3.05) is 20.7 Å². The third-order valence-corrected chi connectivity index (χ3v) is 4.35. The first-order valence-electron chi connectivity index (χ1n) is 7.08. The summed E-state index contributed by atoms with van der Waals surface area (Å²) in [5, 5.41) is 3.38. The summed E-state index contributed by atoms with van der Waals surface area (Å²) in [6.07, 6.45) is 6.36. The van der Waals surface area contributed by atoms with Crippen molar-refractivity contribution in [2.24, 2.45) is 0 Å². The molecule has 2 heteroatoms. The molecule has 1 fully saturated rings. The van der Waals surface area contributed by atoms with Crippen LogP contribution >= 0.6 is 0 Å². The lowest BCUT2D eigenvalue weighted by Crippen LogP contribution is -2.34. The summed E-state index contributed by atoms with van der Waals surface area (Å²) < 4.78 is 5.43. The predicted molar refractivity (Wildman–Crippen MR) is 76.4 cm³/mol. The molecular formula is C16H25NO. The van der Waals surface area contributed by atoms with Crippen LogP contribution in [0.4, 0.5) is 0 Å². The number of likely N-dealkylation sites (N-methyl/N-ethyl adjacent to an activating group) is 1. The molecule has 0 amide bonds. The van der Waals surface area contributed by atoms with Gasteiger partial charge in [0.1, 0.15) is 5.75 Å². The fraction of sp³-hybridized carbons (Fsp3) is 0.625. The van der Waals surface area contributed by atoms with Gasteiger partial charge in [-0.1, -0.05) is 31.9 Å². The number of ether oxygens (including phenoxy) is 1. The molecule has 18 heavy (non-hydrogen) atoms. The fourth-order valence-corrected chi connectivity index (χ4v) is 3.34. The molecule has 1 aromatic carbocycles. The van der Waals surface area contributed by atoms with E-state index in [4.69, 9.17) is 4.74 Å². The third kappa shape index (κ3) is 2.39. The molecule has 2 rings (SSSR count). The Hall–Kier alpha value is -1.02. The summed E-state index contributed by atoms with van der Waals surface area (Å²) in [6.45, 7) is 3.28. The van der Waals surface area contributed by atoms with E-state index in [2.05, 4.69) is 37.5 Å². The first-order chi connectivity index (χ1) is 8.75. The van der Waals surface area contributed by atoms with Gasteiger partial charge in [0.2, 0.25) is 0 Å². The van der Waals surface area contributed by atoms with Gasteiger partial charge in [-0.05, 0) is 43.5 Å². The van der Waals surface area contributed by atoms with Gasteiger partial charge in [-0.15, -0.1) is 0 Å². The van der Waals surface area contributed by atoms with Crippen LogP contribution in [-0.4, -0.2) is 20.7 Å². The lowest BCUT2D eigenvalue weighted by atomic mass is 9.78. The summed E-state index contributed by atoms with van der Waals surface area (Å²) in [6, 6.07) is 6.77. The van der Waals surface area contributed by atoms with Crippen molar-refractivity contribution >= 4 is 0 Å². The standard InChI is InChI=1S/C16H25NO/c1-4-13-11-14(7-8-15(13)18-3)16(12-17-2)9-5-6-10-16/h7-8,11,17H,4-6,9-10,12H2,1-3H3. The SMILES string of the molecule is CCc1cc(C2(CNC)CCCC2)ccc1OC. The molecule has 1 aliphatic carbocycles. The van der Waals surface area contributed by atoms with Gasteiger partial charge in [-0.25, -0.2) is 0 Å². The quantitative estimate of drug-likeness (QED) is 0.862. The zero-order valence-electron chi connectivity index (χ0n) is 11.9. The molecule has 1 aromatic rings. The second-order valence-electron chi connectivity index (χ2n) is 5.40. The average molecular weight is 247 g/mol. The van der Waals surface area contributed by atoms with Gasteiger partial charge in [0.05, 0.1) is 7.11 Å². The van der Waals surface area contributed by atoms with Gasteiger partial charge in [0.25, 0.3) is 0 Å². The van der Waals surface area contributed by atoms with Gasteiger partial charge in [-0.2, -0.15) is 0 Å². The van der Waals surface area contributed by atoms with Crippen LogP contribution in [0.15, 0.2) is 18.2 Å². The maximum Gasteiger partial charge on any atom is 0.122 e. The Morgan fingerprint density at radius 3 is 2.56 bits per heavy atom. The van der Waals surface area contributed by atoms with Crippen LogP contribution in [-0.2, 0) is 11.8 Å². The zero-order chi connectivity index (χ0) is 13.0. The molecule has 1 saturated carbocycles. The van der Waals surface area contributed by atoms with Crippen molar-refractivity contribution in [3.05, 3.63) is 29.3 Å². The number of aryl methyl sites for hydroxylation is 1. The Bertz CT molecular complexity index is 394. The normalized spacial score (nSPS) is 17.9. The van der Waals surface area contributed by atoms with Gasteiger partial charge in [0, 0.05) is 12.0 Å². The van der Waals surface area contributed by atoms with E-state index in [0.717, 1.165) is 18.7 Å². The Balaban J connectivity index is 2.36. The van der Waals surface area contributed by atoms with Crippen LogP contribution in [0.2, 0.25) is 0 Å². The van der Waals surface area contributed by atoms with E-state index in [0.29, 0.717) is 5.41 Å². The second kappa shape index (κ2) is 5.75. The molecule has 0 aliphatic heterocycles. The minimum Gasteiger partial charge on any atom is -0.496 e. The molecule has 0 unspecified atom stereocenters. The highest BCUT2D eigenvalue weighted by Crippen LogP contribution is 2.41. The smallest absolute Gasteiger partial charge is 0.122 e. The highest BCUT2D eigenvalue weighted by molar-refractivity contribution is 5.41. The molecule has 1 aliphatic rings. The maximum atomic E-state index is 5.43. The summed E-state index contributed by atoms with van der Waals surface area (Å²) >= 11 is 0. The lowest BCUT2D eigenvalue weighted by Gasteiger charge is -2.30. The molecule has 2 nitrogen and oxygen atoms in total. The average Bonchev–Trinajstić information content (AvgIpc) is 2.88. The topological polar surface area (TPSA) is 21.3 Å². The molecule has 1 N–H and O–H groups in total. The van der Waals surface area contributed by atoms with Crippen molar-refractivity contribution in [3.63, 3.8) is 0 Å². The molecule has 0 aromatic heterocycles. The maximum absolute atomic E-state index is 5.43. The van der Waals surface area contributed by atoms with Gasteiger partial charge in [0.15, 0.2) is 0 Å². The summed E-state index contributed by atoms with van der Waals surface area (Å²) in [7, 11) is 3.82. The first-order valence-corrected chi connectivity index (χ1v) is 7.08. The van der Waals surface area contributed by atoms with E-state index in [1.807, 2.05) is 0 Å². The number of rotatable bonds is 5. The van der Waals surface area contributed by atoms with E-state index in [-0.39, 0.29) is 0 Å². The van der Waals surface area contributed by atoms with Crippen molar-refractivity contribution < 1.29 is 4.74 Å². The third-order valence-electron chi connectivity index (χ3n) is 4.35. The minimum atomic E-state index is 0.352. The predicted octanol–water partition coefficient (Wildman–Crippen LogP) is 3.29. The van der Waals surface area contributed by atoms with Crippen molar-refractivity contribution in [1.29, 1.82) is 0 Å². The highest BCUT2D eigenvalue weighted by Gasteiger charge is 2.35. The number of benzene rings is 1. The highest BCUT2D eigenvalue weighted by atomic mass is 16.5. The zero-order valence-corrected chi connectivity index (χ0v) is 11.9. The summed E-state index contributed by atoms with van der Waals surface area (Å²) in [5.41, 5.74) is 3.18. The van der Waals surface area contributed by atoms with E-state index < -0.39 is 0 Å². The van der Waals surface area contributed by atoms with Crippen molar-refractivity contribution in [1.82, 2.24) is 5.32 Å². The van der Waals surface area contributed by atoms with Gasteiger partial charge >= 0.3 is 0 Å². The molecule has 0 radical (unpaired) electrons. The van der Waals surface area contributed by atoms with E-state index in [1.165, 1.54) is 36.8 Å². The van der Waals surface area contributed by atoms with Crippen LogP contribution in [0.25, 0.3) is 0 Å². The Labute approximate surface area is 111 Å². The van der Waals surface area contributed by atoms with Gasteiger partial charge in [-0.3, -0.25) is 0 Å². The van der Waals surface area contributed by atoms with Crippen LogP contribution in [0, 0.1) is 0 Å². The lowest BCUT2D eigenvalue weighted by molar-refractivity contribution is 0.403. The van der Waals surface area contributed by atoms with Crippen molar-refractivity contribution in [2.45, 2.75) is 44.4 Å². The van der Waals surface area contributed by atoms with E-state index >= 15 is 0 Å². The first kappa shape index (κ1) is 13.4. The molecule has 100 valence electrons. The molecule has 0 atom stereocenters. The second-order valence-corrected chi connectivity index (χ2v) is 5.40. The summed E-state index contributed by atoms with van der Waals surface area (Å²) in [5.74, 6) is 1.03. The Morgan fingerprint density at radius 2 is 2.00 bits per heavy atom. The minimum absolute atomic E-state index is 0.352. The van der Waals surface area contributed by atoms with E-state index in [9.17, 15) is 0 Å². The van der Waals surface area contributed by atoms with Crippen LogP contribution in [0.1, 0.15) is 43.7 Å². The number of hydrogen-bond donors (Lipinski definition) is 1. The fourth-order valence-electron chi connectivity index (χ4n) is 3.34. The number of nitrogens with one attached hydrogen (secondary N) is 1. The summed E-state index contributed by atoms with van der Waals surface area (Å²) in [4.78, 5) is 0. The monoisotopic (exact) mass is 247 g/mol. The Morgan fingerprint density at radius 1 is 1.28 bits per heavy atom. The Kier molecular flexibility index (Phi) is 4.28. The molecule has 0 spiro atoms. The van der Waals surface area contributed by atoms with Crippen LogP contribution < -0.4 is 10.1 Å².